The summed E-state index contributed by atoms with van der Waals surface area (Å²) in [7, 11) is 0. The zero-order valence-electron chi connectivity index (χ0n) is 11.8. The van der Waals surface area contributed by atoms with Crippen molar-refractivity contribution in [2.45, 2.75) is 33.1 Å². The van der Waals surface area contributed by atoms with Crippen molar-refractivity contribution >= 4 is 17.7 Å². The van der Waals surface area contributed by atoms with Crippen LogP contribution in [-0.4, -0.2) is 23.7 Å². The maximum absolute atomic E-state index is 11.9. The molecule has 0 bridgehead atoms. The van der Waals surface area contributed by atoms with Crippen molar-refractivity contribution in [3.8, 4) is 0 Å². The highest BCUT2D eigenvalue weighted by Crippen LogP contribution is 2.47. The van der Waals surface area contributed by atoms with Crippen molar-refractivity contribution in [2.75, 3.05) is 11.9 Å². The van der Waals surface area contributed by atoms with Gasteiger partial charge in [0.15, 0.2) is 0 Å². The summed E-state index contributed by atoms with van der Waals surface area (Å²) in [6.07, 6.45) is 3.35. The van der Waals surface area contributed by atoms with E-state index in [4.69, 9.17) is 0 Å². The van der Waals surface area contributed by atoms with Crippen LogP contribution in [0.1, 0.15) is 42.1 Å². The maximum Gasteiger partial charge on any atom is 0.338 e. The number of anilines is 1. The van der Waals surface area contributed by atoms with Crippen LogP contribution in [-0.2, 0) is 0 Å². The standard InChI is InChI=1S/C15H20N2O3/c1-3-15(7-8-15)9-16-14(20)17-11-6-4-5-10(2)12(11)13(18)19/h4-6H,3,7-9H2,1-2H3,(H,18,19)(H2,16,17,20). The lowest BCUT2D eigenvalue weighted by Gasteiger charge is -2.15. The molecule has 0 unspecified atom stereocenters. The monoisotopic (exact) mass is 276 g/mol. The van der Waals surface area contributed by atoms with Crippen LogP contribution in [0.4, 0.5) is 10.5 Å². The van der Waals surface area contributed by atoms with E-state index in [0.717, 1.165) is 19.3 Å². The zero-order chi connectivity index (χ0) is 14.8. The van der Waals surface area contributed by atoms with E-state index in [1.54, 1.807) is 25.1 Å². The lowest BCUT2D eigenvalue weighted by Crippen LogP contribution is -2.34. The zero-order valence-corrected chi connectivity index (χ0v) is 11.8. The van der Waals surface area contributed by atoms with Gasteiger partial charge in [0.2, 0.25) is 0 Å². The molecule has 0 aliphatic heterocycles. The van der Waals surface area contributed by atoms with Crippen molar-refractivity contribution < 1.29 is 14.7 Å². The molecule has 1 aliphatic carbocycles. The summed E-state index contributed by atoms with van der Waals surface area (Å²) >= 11 is 0. The van der Waals surface area contributed by atoms with E-state index in [-0.39, 0.29) is 17.0 Å². The molecule has 1 fully saturated rings. The molecule has 0 saturated heterocycles. The summed E-state index contributed by atoms with van der Waals surface area (Å²) in [5.41, 5.74) is 1.36. The highest BCUT2D eigenvalue weighted by atomic mass is 16.4. The largest absolute Gasteiger partial charge is 0.478 e. The minimum atomic E-state index is -1.04. The van der Waals surface area contributed by atoms with E-state index in [9.17, 15) is 14.7 Å². The van der Waals surface area contributed by atoms with Crippen LogP contribution in [0.2, 0.25) is 0 Å². The SMILES string of the molecule is CCC1(CNC(=O)Nc2cccc(C)c2C(=O)O)CC1. The summed E-state index contributed by atoms with van der Waals surface area (Å²) in [4.78, 5) is 23.1. The van der Waals surface area contributed by atoms with Crippen molar-refractivity contribution in [1.29, 1.82) is 0 Å². The molecule has 5 heteroatoms. The molecular weight excluding hydrogens is 256 g/mol. The van der Waals surface area contributed by atoms with Gasteiger partial charge in [-0.1, -0.05) is 19.1 Å². The minimum Gasteiger partial charge on any atom is -0.478 e. The number of carbonyl (C=O) groups is 2. The molecule has 1 aliphatic rings. The quantitative estimate of drug-likeness (QED) is 0.773. The number of amides is 2. The molecule has 1 aromatic rings. The number of urea groups is 1. The van der Waals surface area contributed by atoms with Crippen LogP contribution in [0.5, 0.6) is 0 Å². The summed E-state index contributed by atoms with van der Waals surface area (Å²) < 4.78 is 0. The van der Waals surface area contributed by atoms with E-state index in [1.165, 1.54) is 0 Å². The van der Waals surface area contributed by atoms with Crippen molar-refractivity contribution in [3.05, 3.63) is 29.3 Å². The normalized spacial score (nSPS) is 15.5. The molecule has 0 spiro atoms. The van der Waals surface area contributed by atoms with Gasteiger partial charge in [0.25, 0.3) is 0 Å². The summed E-state index contributed by atoms with van der Waals surface area (Å²) in [6, 6.07) is 4.69. The number of nitrogens with one attached hydrogen (secondary N) is 2. The van der Waals surface area contributed by atoms with Crippen LogP contribution in [0.3, 0.4) is 0 Å². The Hall–Kier alpha value is -2.04. The number of aryl methyl sites for hydroxylation is 1. The molecule has 3 N–H and O–H groups in total. The molecule has 0 heterocycles. The van der Waals surface area contributed by atoms with Gasteiger partial charge in [-0.3, -0.25) is 0 Å². The average Bonchev–Trinajstić information content (AvgIpc) is 3.17. The second-order valence-electron chi connectivity index (χ2n) is 5.46. The molecule has 108 valence electrons. The molecule has 20 heavy (non-hydrogen) atoms. The van der Waals surface area contributed by atoms with Crippen LogP contribution in [0.25, 0.3) is 0 Å². The third-order valence-electron chi connectivity index (χ3n) is 4.07. The van der Waals surface area contributed by atoms with E-state index in [1.807, 2.05) is 0 Å². The Morgan fingerprint density at radius 2 is 2.05 bits per heavy atom. The number of benzene rings is 1. The Kier molecular flexibility index (Phi) is 3.97. The lowest BCUT2D eigenvalue weighted by molar-refractivity contribution is 0.0697. The maximum atomic E-state index is 11.9. The lowest BCUT2D eigenvalue weighted by atomic mass is 10.0. The fraction of sp³-hybridized carbons (Fsp3) is 0.467. The molecule has 2 rings (SSSR count). The third kappa shape index (κ3) is 3.10. The number of hydrogen-bond acceptors (Lipinski definition) is 2. The Labute approximate surface area is 118 Å². The van der Waals surface area contributed by atoms with Crippen molar-refractivity contribution in [2.24, 2.45) is 5.41 Å². The number of rotatable bonds is 5. The van der Waals surface area contributed by atoms with E-state index >= 15 is 0 Å². The third-order valence-corrected chi connectivity index (χ3v) is 4.07. The molecule has 1 aromatic carbocycles. The van der Waals surface area contributed by atoms with E-state index in [2.05, 4.69) is 17.6 Å². The smallest absolute Gasteiger partial charge is 0.338 e. The highest BCUT2D eigenvalue weighted by molar-refractivity contribution is 6.01. The molecule has 0 aromatic heterocycles. The van der Waals surface area contributed by atoms with Crippen LogP contribution < -0.4 is 10.6 Å². The molecule has 2 amide bonds. The van der Waals surface area contributed by atoms with Crippen molar-refractivity contribution in [3.63, 3.8) is 0 Å². The molecule has 5 nitrogen and oxygen atoms in total. The van der Waals surface area contributed by atoms with E-state index in [0.29, 0.717) is 17.8 Å². The van der Waals surface area contributed by atoms with Crippen LogP contribution in [0.15, 0.2) is 18.2 Å². The van der Waals surface area contributed by atoms with Gasteiger partial charge in [-0.2, -0.15) is 0 Å². The fourth-order valence-corrected chi connectivity index (χ4v) is 2.32. The number of carbonyl (C=O) groups excluding carboxylic acids is 1. The van der Waals surface area contributed by atoms with Crippen LogP contribution in [0, 0.1) is 12.3 Å². The van der Waals surface area contributed by atoms with E-state index < -0.39 is 5.97 Å². The van der Waals surface area contributed by atoms with Gasteiger partial charge >= 0.3 is 12.0 Å². The van der Waals surface area contributed by atoms with Crippen molar-refractivity contribution in [1.82, 2.24) is 5.32 Å². The average molecular weight is 276 g/mol. The second-order valence-corrected chi connectivity index (χ2v) is 5.46. The van der Waals surface area contributed by atoms with Gasteiger partial charge < -0.3 is 15.7 Å². The fourth-order valence-electron chi connectivity index (χ4n) is 2.32. The molecular formula is C15H20N2O3. The van der Waals surface area contributed by atoms with Gasteiger partial charge in [-0.05, 0) is 43.2 Å². The first-order chi connectivity index (χ1) is 9.47. The first-order valence-corrected chi connectivity index (χ1v) is 6.85. The van der Waals surface area contributed by atoms with Gasteiger partial charge in [-0.15, -0.1) is 0 Å². The molecule has 1 saturated carbocycles. The van der Waals surface area contributed by atoms with Crippen LogP contribution >= 0.6 is 0 Å². The molecule has 0 atom stereocenters. The molecule has 0 radical (unpaired) electrons. The summed E-state index contributed by atoms with van der Waals surface area (Å²) in [6.45, 7) is 4.47. The van der Waals surface area contributed by atoms with Gasteiger partial charge in [-0.25, -0.2) is 9.59 Å². The Morgan fingerprint density at radius 3 is 2.60 bits per heavy atom. The second kappa shape index (κ2) is 5.53. The first kappa shape index (κ1) is 14.4. The van der Waals surface area contributed by atoms with Gasteiger partial charge in [0, 0.05) is 6.54 Å². The Bertz CT molecular complexity index is 536. The predicted octanol–water partition coefficient (Wildman–Crippen LogP) is 3.00. The first-order valence-electron chi connectivity index (χ1n) is 6.85. The topological polar surface area (TPSA) is 78.4 Å². The number of carboxylic acids is 1. The predicted molar refractivity (Wildman–Crippen MR) is 77.1 cm³/mol. The Morgan fingerprint density at radius 1 is 1.35 bits per heavy atom. The number of hydrogen-bond donors (Lipinski definition) is 3. The number of carboxylic acid groups (broad SMARTS) is 1. The van der Waals surface area contributed by atoms with Gasteiger partial charge in [0.05, 0.1) is 11.3 Å². The summed E-state index contributed by atoms with van der Waals surface area (Å²) in [5.74, 6) is -1.04. The summed E-state index contributed by atoms with van der Waals surface area (Å²) in [5, 5.41) is 14.6. The Balaban J connectivity index is 2.01. The number of aromatic carboxylic acids is 1. The van der Waals surface area contributed by atoms with Gasteiger partial charge in [0.1, 0.15) is 0 Å². The highest BCUT2D eigenvalue weighted by Gasteiger charge is 2.40. The minimum absolute atomic E-state index is 0.138.